The van der Waals surface area contributed by atoms with Crippen LogP contribution in [-0.4, -0.2) is 38.3 Å². The van der Waals surface area contributed by atoms with E-state index in [9.17, 15) is 8.42 Å². The number of aliphatic hydroxyl groups is 1. The lowest BCUT2D eigenvalue weighted by Gasteiger charge is -1.99. The van der Waals surface area contributed by atoms with E-state index in [0.29, 0.717) is 0 Å². The third kappa shape index (κ3) is 44.7. The number of hydrogen-bond donors (Lipinski definition) is 3. The maximum Gasteiger partial charge on any atom is 0.397 e. The minimum atomic E-state index is -4.16. The first kappa shape index (κ1) is 32.2. The Hall–Kier alpha value is -0.470. The molecule has 4 N–H and O–H groups in total. The molecule has 0 radical (unpaired) electrons. The zero-order valence-corrected chi connectivity index (χ0v) is 19.4. The summed E-state index contributed by atoms with van der Waals surface area (Å²) in [6.45, 7) is 5.07. The Labute approximate surface area is 174 Å². The molecule has 0 unspecified atom stereocenters. The van der Waals surface area contributed by atoms with E-state index in [2.05, 4.69) is 23.3 Å². The average Bonchev–Trinajstić information content (AvgIpc) is 2.65. The normalized spacial score (nSPS) is 10.9. The largest absolute Gasteiger partial charge is 0.397 e. The van der Waals surface area contributed by atoms with Gasteiger partial charge in [0.1, 0.15) is 0 Å². The quantitative estimate of drug-likeness (QED) is 0.173. The van der Waals surface area contributed by atoms with Crippen molar-refractivity contribution < 1.29 is 22.3 Å². The van der Waals surface area contributed by atoms with E-state index < -0.39 is 10.4 Å². The maximum absolute atomic E-state index is 9.33. The maximum atomic E-state index is 9.33. The third-order valence-corrected chi connectivity index (χ3v) is 4.35. The summed E-state index contributed by atoms with van der Waals surface area (Å²) in [7, 11) is -3.29. The van der Waals surface area contributed by atoms with Crippen LogP contribution in [0.2, 0.25) is 0 Å². The number of rotatable bonds is 16. The molecule has 0 saturated heterocycles. The number of aliphatic hydroxyl groups excluding tert-OH is 1. The zero-order chi connectivity index (χ0) is 21.9. The second-order valence-electron chi connectivity index (χ2n) is 6.64. The minimum Gasteiger partial charge on any atom is -0.397 e. The molecule has 0 saturated carbocycles. The summed E-state index contributed by atoms with van der Waals surface area (Å²) < 4.78 is 29.7. The molecular formula is C21H47NO5S. The van der Waals surface area contributed by atoms with Gasteiger partial charge in [-0.1, -0.05) is 76.9 Å². The summed E-state index contributed by atoms with van der Waals surface area (Å²) >= 11 is 0. The molecule has 0 heterocycles. The smallest absolute Gasteiger partial charge is 0.397 e. The van der Waals surface area contributed by atoms with E-state index in [0.717, 1.165) is 13.7 Å². The minimum absolute atomic E-state index is 0.250. The van der Waals surface area contributed by atoms with Gasteiger partial charge >= 0.3 is 10.4 Å². The van der Waals surface area contributed by atoms with Crippen molar-refractivity contribution in [3.8, 4) is 0 Å². The Balaban J connectivity index is -0.000000577. The molecule has 0 aromatic rings. The molecule has 0 aliphatic heterocycles. The fourth-order valence-corrected chi connectivity index (χ4v) is 2.39. The first-order chi connectivity index (χ1) is 13.4. The SMILES string of the molecule is CCCCCCCC/C=C\CCCCCCCCN.CCO.COS(=O)(=O)O. The lowest BCUT2D eigenvalue weighted by atomic mass is 10.1. The molecule has 6 nitrogen and oxygen atoms in total. The number of nitrogens with two attached hydrogens (primary N) is 1. The molecule has 0 aromatic heterocycles. The van der Waals surface area contributed by atoms with Crippen molar-refractivity contribution in [1.29, 1.82) is 0 Å². The summed E-state index contributed by atoms with van der Waals surface area (Å²) in [5.74, 6) is 0. The Bertz CT molecular complexity index is 386. The van der Waals surface area contributed by atoms with Crippen molar-refractivity contribution in [2.45, 2.75) is 104 Å². The van der Waals surface area contributed by atoms with Crippen LogP contribution < -0.4 is 5.73 Å². The van der Waals surface area contributed by atoms with Crippen LogP contribution in [0.3, 0.4) is 0 Å². The Morgan fingerprint density at radius 1 is 0.786 bits per heavy atom. The Morgan fingerprint density at radius 3 is 1.43 bits per heavy atom. The zero-order valence-electron chi connectivity index (χ0n) is 18.6. The van der Waals surface area contributed by atoms with Crippen LogP contribution in [0.15, 0.2) is 12.2 Å². The van der Waals surface area contributed by atoms with E-state index in [1.54, 1.807) is 6.92 Å². The molecule has 0 amide bonds. The molecule has 0 fully saturated rings. The van der Waals surface area contributed by atoms with Gasteiger partial charge in [-0.05, 0) is 45.6 Å². The summed E-state index contributed by atoms with van der Waals surface area (Å²) in [6, 6.07) is 0. The summed E-state index contributed by atoms with van der Waals surface area (Å²) in [5, 5.41) is 7.57. The van der Waals surface area contributed by atoms with Crippen molar-refractivity contribution in [2.75, 3.05) is 20.3 Å². The van der Waals surface area contributed by atoms with Crippen molar-refractivity contribution in [1.82, 2.24) is 0 Å². The molecule has 172 valence electrons. The molecule has 0 aliphatic rings. The van der Waals surface area contributed by atoms with Gasteiger partial charge in [-0.2, -0.15) is 8.42 Å². The lowest BCUT2D eigenvalue weighted by molar-refractivity contribution is 0.318. The highest BCUT2D eigenvalue weighted by Gasteiger charge is 1.94. The molecule has 0 bridgehead atoms. The van der Waals surface area contributed by atoms with Crippen LogP contribution in [-0.2, 0) is 14.6 Å². The fraction of sp³-hybridized carbons (Fsp3) is 0.905. The van der Waals surface area contributed by atoms with Crippen molar-refractivity contribution in [3.63, 3.8) is 0 Å². The van der Waals surface area contributed by atoms with Gasteiger partial charge in [0.05, 0.1) is 7.11 Å². The molecule has 0 rings (SSSR count). The van der Waals surface area contributed by atoms with Gasteiger partial charge in [-0.3, -0.25) is 8.74 Å². The summed E-state index contributed by atoms with van der Waals surface area (Å²) in [4.78, 5) is 0. The van der Waals surface area contributed by atoms with Gasteiger partial charge in [0.2, 0.25) is 0 Å². The Kier molecular flexibility index (Phi) is 33.0. The van der Waals surface area contributed by atoms with Gasteiger partial charge in [0.25, 0.3) is 0 Å². The lowest BCUT2D eigenvalue weighted by Crippen LogP contribution is -1.97. The van der Waals surface area contributed by atoms with Crippen LogP contribution in [0.1, 0.15) is 104 Å². The predicted molar refractivity (Wildman–Crippen MR) is 120 cm³/mol. The van der Waals surface area contributed by atoms with E-state index in [4.69, 9.17) is 15.4 Å². The highest BCUT2D eigenvalue weighted by atomic mass is 32.3. The second-order valence-corrected chi connectivity index (χ2v) is 7.83. The summed E-state index contributed by atoms with van der Waals surface area (Å²) in [5.41, 5.74) is 5.47. The van der Waals surface area contributed by atoms with Crippen molar-refractivity contribution in [3.05, 3.63) is 12.2 Å². The van der Waals surface area contributed by atoms with Crippen LogP contribution in [0.5, 0.6) is 0 Å². The number of unbranched alkanes of at least 4 members (excludes halogenated alkanes) is 12. The molecule has 0 atom stereocenters. The highest BCUT2D eigenvalue weighted by molar-refractivity contribution is 7.80. The van der Waals surface area contributed by atoms with E-state index in [-0.39, 0.29) is 6.61 Å². The average molecular weight is 426 g/mol. The molecular weight excluding hydrogens is 378 g/mol. The molecule has 0 aromatic carbocycles. The topological polar surface area (TPSA) is 110 Å². The summed E-state index contributed by atoms with van der Waals surface area (Å²) in [6.07, 6.45) is 23.9. The van der Waals surface area contributed by atoms with Gasteiger partial charge < -0.3 is 10.8 Å². The molecule has 7 heteroatoms. The Morgan fingerprint density at radius 2 is 1.11 bits per heavy atom. The predicted octanol–water partition coefficient (Wildman–Crippen LogP) is 5.42. The van der Waals surface area contributed by atoms with Gasteiger partial charge in [-0.25, -0.2) is 0 Å². The fourth-order valence-electron chi connectivity index (χ4n) is 2.39. The second kappa shape index (κ2) is 28.7. The van der Waals surface area contributed by atoms with Crippen LogP contribution in [0, 0.1) is 0 Å². The highest BCUT2D eigenvalue weighted by Crippen LogP contribution is 2.09. The van der Waals surface area contributed by atoms with E-state index in [1.165, 1.54) is 89.9 Å². The standard InChI is InChI=1S/C18H37N.C2H6O.CH4O4S/c1-2-3-4-5-6-7-8-9-10-11-12-13-14-15-16-17-18-19;1-2-3;1-5-6(2,3)4/h9-10H,2-8,11-19H2,1H3;3H,2H2,1H3;1H3,(H,2,3,4)/b10-9-;;. The monoisotopic (exact) mass is 425 g/mol. The first-order valence-electron chi connectivity index (χ1n) is 10.9. The molecule has 0 spiro atoms. The third-order valence-electron chi connectivity index (χ3n) is 3.93. The van der Waals surface area contributed by atoms with Gasteiger partial charge in [0.15, 0.2) is 0 Å². The van der Waals surface area contributed by atoms with Gasteiger partial charge in [0, 0.05) is 6.61 Å². The van der Waals surface area contributed by atoms with E-state index >= 15 is 0 Å². The van der Waals surface area contributed by atoms with E-state index in [1.807, 2.05) is 0 Å². The first-order valence-corrected chi connectivity index (χ1v) is 12.2. The van der Waals surface area contributed by atoms with Crippen LogP contribution in [0.25, 0.3) is 0 Å². The van der Waals surface area contributed by atoms with Crippen molar-refractivity contribution in [2.24, 2.45) is 5.73 Å². The number of allylic oxidation sites excluding steroid dienone is 2. The van der Waals surface area contributed by atoms with Crippen LogP contribution in [0.4, 0.5) is 0 Å². The molecule has 0 aliphatic carbocycles. The van der Waals surface area contributed by atoms with Crippen LogP contribution >= 0.6 is 0 Å². The van der Waals surface area contributed by atoms with Crippen molar-refractivity contribution >= 4 is 10.4 Å². The van der Waals surface area contributed by atoms with Gasteiger partial charge in [-0.15, -0.1) is 0 Å². The molecule has 28 heavy (non-hydrogen) atoms. The number of hydrogen-bond acceptors (Lipinski definition) is 5.